The van der Waals surface area contributed by atoms with Crippen molar-refractivity contribution in [2.24, 2.45) is 0 Å². The van der Waals surface area contributed by atoms with E-state index in [1.165, 1.54) is 6.08 Å². The third-order valence-electron chi connectivity index (χ3n) is 2.68. The van der Waals surface area contributed by atoms with Crippen molar-refractivity contribution in [3.05, 3.63) is 36.4 Å². The first-order valence-electron chi connectivity index (χ1n) is 6.74. The molecule has 1 aromatic rings. The molecule has 0 aliphatic rings. The smallest absolute Gasteiger partial charge is 0.155 e. The maximum atomic E-state index is 11.2. The van der Waals surface area contributed by atoms with E-state index in [1.54, 1.807) is 0 Å². The molecule has 0 radical (unpaired) electrons. The number of benzene rings is 1. The molecule has 0 fully saturated rings. The Labute approximate surface area is 120 Å². The maximum absolute atomic E-state index is 11.2. The molecule has 0 aliphatic carbocycles. The molecule has 0 heterocycles. The van der Waals surface area contributed by atoms with Gasteiger partial charge in [-0.2, -0.15) is 0 Å². The molecule has 4 nitrogen and oxygen atoms in total. The van der Waals surface area contributed by atoms with Gasteiger partial charge in [-0.1, -0.05) is 6.58 Å². The van der Waals surface area contributed by atoms with Gasteiger partial charge in [0.25, 0.3) is 0 Å². The molecular weight excluding hydrogens is 256 g/mol. The summed E-state index contributed by atoms with van der Waals surface area (Å²) in [5.74, 6) is 1.72. The van der Waals surface area contributed by atoms with Crippen LogP contribution in [0, 0.1) is 0 Å². The van der Waals surface area contributed by atoms with Crippen molar-refractivity contribution in [1.29, 1.82) is 0 Å². The van der Waals surface area contributed by atoms with Crippen LogP contribution in [0.15, 0.2) is 30.9 Å². The van der Waals surface area contributed by atoms with Crippen molar-refractivity contribution < 1.29 is 19.7 Å². The van der Waals surface area contributed by atoms with Gasteiger partial charge in [-0.3, -0.25) is 4.79 Å². The minimum absolute atomic E-state index is 0. The Bertz CT molecular complexity index is 402. The molecule has 0 aliphatic heterocycles. The first kappa shape index (κ1) is 18.2. The number of carbonyl (C=O) groups excluding carboxylic acids is 1. The molecule has 0 aromatic heterocycles. The van der Waals surface area contributed by atoms with E-state index < -0.39 is 0 Å². The van der Waals surface area contributed by atoms with Crippen LogP contribution in [0.5, 0.6) is 11.5 Å². The lowest BCUT2D eigenvalue weighted by atomic mass is 10.1. The first-order chi connectivity index (χ1) is 9.19. The van der Waals surface area contributed by atoms with E-state index in [0.29, 0.717) is 19.6 Å². The van der Waals surface area contributed by atoms with Gasteiger partial charge in [-0.05, 0) is 50.5 Å². The Kier molecular flexibility index (Phi) is 9.13. The van der Waals surface area contributed by atoms with Gasteiger partial charge < -0.3 is 14.9 Å². The first-order valence-corrected chi connectivity index (χ1v) is 6.74. The predicted octanol–water partition coefficient (Wildman–Crippen LogP) is 2.74. The monoisotopic (exact) mass is 280 g/mol. The maximum Gasteiger partial charge on any atom is 0.155 e. The van der Waals surface area contributed by atoms with Gasteiger partial charge in [-0.25, -0.2) is 0 Å². The summed E-state index contributed by atoms with van der Waals surface area (Å²) in [6.45, 7) is 8.64. The summed E-state index contributed by atoms with van der Waals surface area (Å²) >= 11 is 0. The highest BCUT2D eigenvalue weighted by molar-refractivity contribution is 5.88. The van der Waals surface area contributed by atoms with Crippen LogP contribution in [-0.2, 0) is 11.2 Å². The molecule has 1 rings (SSSR count). The third-order valence-corrected chi connectivity index (χ3v) is 2.68. The van der Waals surface area contributed by atoms with Gasteiger partial charge in [0, 0.05) is 12.5 Å². The second-order valence-electron chi connectivity index (χ2n) is 4.20. The van der Waals surface area contributed by atoms with Crippen LogP contribution < -0.4 is 9.47 Å². The van der Waals surface area contributed by atoms with E-state index in [4.69, 9.17) is 9.47 Å². The second-order valence-corrected chi connectivity index (χ2v) is 4.20. The molecule has 0 amide bonds. The summed E-state index contributed by atoms with van der Waals surface area (Å²) in [6.07, 6.45) is 3.56. The van der Waals surface area contributed by atoms with E-state index in [-0.39, 0.29) is 11.3 Å². The minimum atomic E-state index is 0. The highest BCUT2D eigenvalue weighted by atomic mass is 16.5. The van der Waals surface area contributed by atoms with Gasteiger partial charge in [0.1, 0.15) is 11.5 Å². The lowest BCUT2D eigenvalue weighted by Crippen LogP contribution is -1.98. The predicted molar refractivity (Wildman–Crippen MR) is 80.5 cm³/mol. The Morgan fingerprint density at radius 1 is 1.15 bits per heavy atom. The summed E-state index contributed by atoms with van der Waals surface area (Å²) in [5.41, 5.74) is 1.13. The van der Waals surface area contributed by atoms with Gasteiger partial charge in [0.15, 0.2) is 5.78 Å². The quantitative estimate of drug-likeness (QED) is 0.653. The highest BCUT2D eigenvalue weighted by Gasteiger charge is 2.04. The van der Waals surface area contributed by atoms with E-state index in [1.807, 2.05) is 32.0 Å². The van der Waals surface area contributed by atoms with Gasteiger partial charge in [0.05, 0.1) is 13.2 Å². The van der Waals surface area contributed by atoms with Crippen LogP contribution in [0.1, 0.15) is 32.3 Å². The van der Waals surface area contributed by atoms with E-state index in [0.717, 1.165) is 29.9 Å². The van der Waals surface area contributed by atoms with Crippen LogP contribution in [0.4, 0.5) is 0 Å². The Hall–Kier alpha value is -1.81. The molecule has 0 atom stereocenters. The molecule has 20 heavy (non-hydrogen) atoms. The summed E-state index contributed by atoms with van der Waals surface area (Å²) in [7, 11) is 0. The molecule has 0 spiro atoms. The van der Waals surface area contributed by atoms with E-state index >= 15 is 0 Å². The summed E-state index contributed by atoms with van der Waals surface area (Å²) in [4.78, 5) is 11.2. The Balaban J connectivity index is 0.00000361. The van der Waals surface area contributed by atoms with Crippen molar-refractivity contribution in [3.8, 4) is 11.5 Å². The molecule has 4 heteroatoms. The lowest BCUT2D eigenvalue weighted by molar-refractivity contribution is -0.114. The van der Waals surface area contributed by atoms with Gasteiger partial charge in [-0.15, -0.1) is 0 Å². The van der Waals surface area contributed by atoms with Crippen molar-refractivity contribution in [2.45, 2.75) is 33.1 Å². The van der Waals surface area contributed by atoms with Crippen LogP contribution >= 0.6 is 0 Å². The number of ether oxygens (including phenoxy) is 2. The molecule has 2 N–H and O–H groups in total. The minimum Gasteiger partial charge on any atom is -0.494 e. The van der Waals surface area contributed by atoms with Gasteiger partial charge in [0.2, 0.25) is 0 Å². The highest BCUT2D eigenvalue weighted by Crippen LogP contribution is 2.24. The zero-order chi connectivity index (χ0) is 14.1. The lowest BCUT2D eigenvalue weighted by Gasteiger charge is -2.10. The molecule has 112 valence electrons. The summed E-state index contributed by atoms with van der Waals surface area (Å²) in [6, 6.07) is 5.90. The SMILES string of the molecule is C=CC(=O)CCCc1cc(OCC)cc(OCC)c1.O. The number of allylic oxidation sites excluding steroid dienone is 1. The number of aryl methyl sites for hydroxylation is 1. The van der Waals surface area contributed by atoms with E-state index in [2.05, 4.69) is 6.58 Å². The fourth-order valence-electron chi connectivity index (χ4n) is 1.84. The van der Waals surface area contributed by atoms with Crippen molar-refractivity contribution in [1.82, 2.24) is 0 Å². The van der Waals surface area contributed by atoms with Crippen LogP contribution in [0.3, 0.4) is 0 Å². The second kappa shape index (κ2) is 10.0. The molecule has 0 unspecified atom stereocenters. The molecule has 1 aromatic carbocycles. The zero-order valence-corrected chi connectivity index (χ0v) is 12.3. The molecule has 0 saturated heterocycles. The number of carbonyl (C=O) groups is 1. The zero-order valence-electron chi connectivity index (χ0n) is 12.3. The van der Waals surface area contributed by atoms with Crippen LogP contribution in [-0.4, -0.2) is 24.5 Å². The molecule has 0 bridgehead atoms. The van der Waals surface area contributed by atoms with Crippen molar-refractivity contribution in [2.75, 3.05) is 13.2 Å². The number of ketones is 1. The van der Waals surface area contributed by atoms with Crippen molar-refractivity contribution in [3.63, 3.8) is 0 Å². The average Bonchev–Trinajstić information content (AvgIpc) is 2.39. The normalized spacial score (nSPS) is 9.50. The Morgan fingerprint density at radius 3 is 2.15 bits per heavy atom. The van der Waals surface area contributed by atoms with E-state index in [9.17, 15) is 4.79 Å². The van der Waals surface area contributed by atoms with Gasteiger partial charge >= 0.3 is 0 Å². The molecule has 0 saturated carbocycles. The number of hydrogen-bond donors (Lipinski definition) is 0. The van der Waals surface area contributed by atoms with Crippen molar-refractivity contribution >= 4 is 5.78 Å². The fourth-order valence-corrected chi connectivity index (χ4v) is 1.84. The van der Waals surface area contributed by atoms with Crippen LogP contribution in [0.2, 0.25) is 0 Å². The summed E-state index contributed by atoms with van der Waals surface area (Å²) in [5, 5.41) is 0. The molecular formula is C16H24O4. The van der Waals surface area contributed by atoms with Crippen LogP contribution in [0.25, 0.3) is 0 Å². The average molecular weight is 280 g/mol. The third kappa shape index (κ3) is 6.38. The number of hydrogen-bond acceptors (Lipinski definition) is 3. The largest absolute Gasteiger partial charge is 0.494 e. The topological polar surface area (TPSA) is 67.0 Å². The Morgan fingerprint density at radius 2 is 1.70 bits per heavy atom. The fraction of sp³-hybridized carbons (Fsp3) is 0.438. The summed E-state index contributed by atoms with van der Waals surface area (Å²) < 4.78 is 11.0. The number of rotatable bonds is 9. The standard InChI is InChI=1S/C16H22O3.H2O/c1-4-14(17)9-7-8-13-10-15(18-5-2)12-16(11-13)19-6-3;/h4,10-12H,1,5-9H2,2-3H3;1H2.